The molecular formula is C18H40O4. The summed E-state index contributed by atoms with van der Waals surface area (Å²) in [6.07, 6.45) is 4.10. The second-order valence-corrected chi connectivity index (χ2v) is 8.33. The molecule has 4 nitrogen and oxygen atoms in total. The molecule has 0 aliphatic rings. The fourth-order valence-electron chi connectivity index (χ4n) is 1.50. The van der Waals surface area contributed by atoms with E-state index in [0.29, 0.717) is 25.7 Å². The molecule has 0 saturated carbocycles. The first kappa shape index (κ1) is 24.1. The molecule has 4 N–H and O–H groups in total. The summed E-state index contributed by atoms with van der Waals surface area (Å²) >= 11 is 0. The van der Waals surface area contributed by atoms with E-state index in [0.717, 1.165) is 12.8 Å². The lowest BCUT2D eigenvalue weighted by molar-refractivity contribution is -0.00613. The molecule has 0 rings (SSSR count). The average Bonchev–Trinajstić information content (AvgIpc) is 2.34. The molecule has 0 aromatic heterocycles. The van der Waals surface area contributed by atoms with Gasteiger partial charge in [-0.3, -0.25) is 0 Å². The molecular weight excluding hydrogens is 280 g/mol. The van der Waals surface area contributed by atoms with E-state index >= 15 is 0 Å². The van der Waals surface area contributed by atoms with Crippen LogP contribution in [0.4, 0.5) is 0 Å². The van der Waals surface area contributed by atoms with Gasteiger partial charge in [0.2, 0.25) is 0 Å². The van der Waals surface area contributed by atoms with Crippen molar-refractivity contribution >= 4 is 0 Å². The van der Waals surface area contributed by atoms with Gasteiger partial charge in [0.25, 0.3) is 0 Å². The predicted molar refractivity (Wildman–Crippen MR) is 92.9 cm³/mol. The zero-order valence-electron chi connectivity index (χ0n) is 16.0. The lowest BCUT2D eigenvalue weighted by Gasteiger charge is -2.27. The van der Waals surface area contributed by atoms with E-state index < -0.39 is 22.4 Å². The summed E-state index contributed by atoms with van der Waals surface area (Å²) in [5, 5.41) is 37.9. The van der Waals surface area contributed by atoms with Crippen LogP contribution in [0.2, 0.25) is 0 Å². The Kier molecular flexibility index (Phi) is 10.1. The van der Waals surface area contributed by atoms with Crippen molar-refractivity contribution in [1.29, 1.82) is 0 Å². The predicted octanol–water partition coefficient (Wildman–Crippen LogP) is 3.40. The second-order valence-electron chi connectivity index (χ2n) is 8.33. The molecule has 2 atom stereocenters. The van der Waals surface area contributed by atoms with Crippen molar-refractivity contribution in [2.75, 3.05) is 0 Å². The second kappa shape index (κ2) is 9.21. The SMILES string of the molecule is CC(C)(O)CCC(C)(C)O.CCC(C)(O)CCC(C)(O)CC. The Labute approximate surface area is 137 Å². The molecule has 0 aliphatic carbocycles. The van der Waals surface area contributed by atoms with Crippen molar-refractivity contribution in [3.8, 4) is 0 Å². The number of rotatable bonds is 8. The van der Waals surface area contributed by atoms with E-state index in [1.54, 1.807) is 27.7 Å². The van der Waals surface area contributed by atoms with Gasteiger partial charge in [0, 0.05) is 0 Å². The van der Waals surface area contributed by atoms with E-state index in [1.807, 2.05) is 27.7 Å². The van der Waals surface area contributed by atoms with Gasteiger partial charge in [-0.05, 0) is 80.1 Å². The molecule has 0 amide bonds. The molecule has 0 saturated heterocycles. The minimum absolute atomic E-state index is 0.612. The first-order valence-electron chi connectivity index (χ1n) is 8.43. The minimum atomic E-state index is -0.653. The normalized spacial score (nSPS) is 18.0. The Bertz CT molecular complexity index is 252. The van der Waals surface area contributed by atoms with E-state index in [-0.39, 0.29) is 0 Å². The highest BCUT2D eigenvalue weighted by molar-refractivity contribution is 4.77. The maximum atomic E-state index is 9.67. The maximum Gasteiger partial charge on any atom is 0.0618 e. The van der Waals surface area contributed by atoms with E-state index in [2.05, 4.69) is 0 Å². The van der Waals surface area contributed by atoms with Gasteiger partial charge in [0.05, 0.1) is 22.4 Å². The Morgan fingerprint density at radius 3 is 0.864 bits per heavy atom. The standard InChI is InChI=1S/C10H22O2.C8H18O2/c1-5-9(3,11)7-8-10(4,12)6-2;1-7(2,9)5-6-8(3,4)10/h11-12H,5-8H2,1-4H3;9-10H,5-6H2,1-4H3. The average molecular weight is 321 g/mol. The van der Waals surface area contributed by atoms with Crippen LogP contribution in [-0.2, 0) is 0 Å². The van der Waals surface area contributed by atoms with Crippen LogP contribution in [0.15, 0.2) is 0 Å². The van der Waals surface area contributed by atoms with Crippen LogP contribution in [0.25, 0.3) is 0 Å². The van der Waals surface area contributed by atoms with Gasteiger partial charge < -0.3 is 20.4 Å². The van der Waals surface area contributed by atoms with Crippen LogP contribution < -0.4 is 0 Å². The Hall–Kier alpha value is -0.160. The zero-order chi connectivity index (χ0) is 18.2. The molecule has 0 spiro atoms. The van der Waals surface area contributed by atoms with Gasteiger partial charge in [0.1, 0.15) is 0 Å². The Morgan fingerprint density at radius 1 is 0.500 bits per heavy atom. The molecule has 0 radical (unpaired) electrons. The van der Waals surface area contributed by atoms with E-state index in [4.69, 9.17) is 0 Å². The molecule has 2 unspecified atom stereocenters. The summed E-state index contributed by atoms with van der Waals surface area (Å²) in [7, 11) is 0. The highest BCUT2D eigenvalue weighted by atomic mass is 16.3. The van der Waals surface area contributed by atoms with Gasteiger partial charge in [-0.1, -0.05) is 13.8 Å². The number of hydrogen-bond acceptors (Lipinski definition) is 4. The highest BCUT2D eigenvalue weighted by Gasteiger charge is 2.24. The van der Waals surface area contributed by atoms with Gasteiger partial charge in [-0.25, -0.2) is 0 Å². The monoisotopic (exact) mass is 320 g/mol. The quantitative estimate of drug-likeness (QED) is 0.552. The molecule has 4 heteroatoms. The molecule has 0 heterocycles. The largest absolute Gasteiger partial charge is 0.390 e. The van der Waals surface area contributed by atoms with Crippen molar-refractivity contribution in [3.05, 3.63) is 0 Å². The molecule has 0 bridgehead atoms. The van der Waals surface area contributed by atoms with E-state index in [9.17, 15) is 20.4 Å². The summed E-state index contributed by atoms with van der Waals surface area (Å²) in [5.74, 6) is 0. The number of aliphatic hydroxyl groups is 4. The van der Waals surface area contributed by atoms with Gasteiger partial charge in [-0.2, -0.15) is 0 Å². The molecule has 0 aromatic carbocycles. The van der Waals surface area contributed by atoms with Crippen LogP contribution in [0, 0.1) is 0 Å². The Morgan fingerprint density at radius 2 is 0.727 bits per heavy atom. The van der Waals surface area contributed by atoms with E-state index in [1.165, 1.54) is 0 Å². The van der Waals surface area contributed by atoms with Gasteiger partial charge in [-0.15, -0.1) is 0 Å². The van der Waals surface area contributed by atoms with Crippen LogP contribution in [0.3, 0.4) is 0 Å². The van der Waals surface area contributed by atoms with Crippen LogP contribution in [0.1, 0.15) is 93.9 Å². The summed E-state index contributed by atoms with van der Waals surface area (Å²) < 4.78 is 0. The zero-order valence-corrected chi connectivity index (χ0v) is 16.0. The van der Waals surface area contributed by atoms with Crippen molar-refractivity contribution in [1.82, 2.24) is 0 Å². The summed E-state index contributed by atoms with van der Waals surface area (Å²) in [6, 6.07) is 0. The molecule has 0 aliphatic heterocycles. The first-order valence-corrected chi connectivity index (χ1v) is 8.43. The van der Waals surface area contributed by atoms with Gasteiger partial charge >= 0.3 is 0 Å². The summed E-state index contributed by atoms with van der Waals surface area (Å²) in [5.41, 5.74) is -2.53. The van der Waals surface area contributed by atoms with Gasteiger partial charge in [0.15, 0.2) is 0 Å². The third-order valence-corrected chi connectivity index (χ3v) is 4.07. The van der Waals surface area contributed by atoms with Crippen molar-refractivity contribution in [2.24, 2.45) is 0 Å². The highest BCUT2D eigenvalue weighted by Crippen LogP contribution is 2.23. The van der Waals surface area contributed by atoms with Crippen molar-refractivity contribution in [2.45, 2.75) is 116 Å². The molecule has 136 valence electrons. The third kappa shape index (κ3) is 17.9. The third-order valence-electron chi connectivity index (χ3n) is 4.07. The lowest BCUT2D eigenvalue weighted by Crippen LogP contribution is -2.30. The molecule has 0 aromatic rings. The Balaban J connectivity index is 0. The smallest absolute Gasteiger partial charge is 0.0618 e. The van der Waals surface area contributed by atoms with Crippen molar-refractivity contribution in [3.63, 3.8) is 0 Å². The fraction of sp³-hybridized carbons (Fsp3) is 1.00. The molecule has 22 heavy (non-hydrogen) atoms. The fourth-order valence-corrected chi connectivity index (χ4v) is 1.50. The summed E-state index contributed by atoms with van der Waals surface area (Å²) in [4.78, 5) is 0. The topological polar surface area (TPSA) is 80.9 Å². The molecule has 0 fully saturated rings. The number of hydrogen-bond donors (Lipinski definition) is 4. The summed E-state index contributed by atoms with van der Waals surface area (Å²) in [6.45, 7) is 14.5. The van der Waals surface area contributed by atoms with Crippen LogP contribution in [-0.4, -0.2) is 42.8 Å². The maximum absolute atomic E-state index is 9.67. The first-order chi connectivity index (χ1) is 9.54. The minimum Gasteiger partial charge on any atom is -0.390 e. The lowest BCUT2D eigenvalue weighted by atomic mass is 9.89. The van der Waals surface area contributed by atoms with Crippen LogP contribution >= 0.6 is 0 Å². The van der Waals surface area contributed by atoms with Crippen molar-refractivity contribution < 1.29 is 20.4 Å². The van der Waals surface area contributed by atoms with Crippen LogP contribution in [0.5, 0.6) is 0 Å².